The minimum Gasteiger partial charge on any atom is -0.314 e. The van der Waals surface area contributed by atoms with E-state index in [0.717, 1.165) is 12.1 Å². The zero-order valence-corrected chi connectivity index (χ0v) is 13.9. The molecule has 3 nitrogen and oxygen atoms in total. The van der Waals surface area contributed by atoms with Crippen LogP contribution in [0.3, 0.4) is 0 Å². The summed E-state index contributed by atoms with van der Waals surface area (Å²) in [6, 6.07) is 8.20. The first-order chi connectivity index (χ1) is 9.79. The summed E-state index contributed by atoms with van der Waals surface area (Å²) in [7, 11) is -3.11. The van der Waals surface area contributed by atoms with Crippen molar-refractivity contribution in [3.8, 4) is 0 Å². The fraction of sp³-hybridized carbons (Fsp3) is 0.647. The highest BCUT2D eigenvalue weighted by Gasteiger charge is 2.43. The molecule has 116 valence electrons. The van der Waals surface area contributed by atoms with Gasteiger partial charge in [-0.15, -0.1) is 0 Å². The summed E-state index contributed by atoms with van der Waals surface area (Å²) in [5.74, 6) is 0.703. The van der Waals surface area contributed by atoms with E-state index in [-0.39, 0.29) is 17.1 Å². The number of fused-ring (bicyclic) bond motifs is 1. The third-order valence-corrected chi connectivity index (χ3v) is 6.69. The summed E-state index contributed by atoms with van der Waals surface area (Å²) in [5.41, 5.74) is 1.11. The Morgan fingerprint density at radius 1 is 1.24 bits per heavy atom. The minimum absolute atomic E-state index is 0.0829. The van der Waals surface area contributed by atoms with Crippen molar-refractivity contribution in [3.05, 3.63) is 29.8 Å². The van der Waals surface area contributed by atoms with Crippen molar-refractivity contribution in [2.45, 2.75) is 50.5 Å². The fourth-order valence-electron chi connectivity index (χ4n) is 3.45. The summed E-state index contributed by atoms with van der Waals surface area (Å²) in [5, 5.41) is 3.60. The second-order valence-electron chi connectivity index (χ2n) is 7.58. The van der Waals surface area contributed by atoms with Gasteiger partial charge in [-0.1, -0.05) is 39.0 Å². The zero-order chi connectivity index (χ0) is 15.3. The van der Waals surface area contributed by atoms with Crippen LogP contribution < -0.4 is 5.32 Å². The molecule has 1 N–H and O–H groups in total. The number of nitrogens with one attached hydrogen (secondary N) is 1. The lowest BCUT2D eigenvalue weighted by molar-refractivity contribution is 0.202. The molecule has 3 rings (SSSR count). The van der Waals surface area contributed by atoms with E-state index in [9.17, 15) is 8.42 Å². The van der Waals surface area contributed by atoms with Crippen molar-refractivity contribution in [2.24, 2.45) is 11.3 Å². The molecule has 0 amide bonds. The molecule has 1 aromatic rings. The van der Waals surface area contributed by atoms with Gasteiger partial charge in [0.05, 0.1) is 10.6 Å². The van der Waals surface area contributed by atoms with E-state index in [1.54, 1.807) is 6.07 Å². The fourth-order valence-corrected chi connectivity index (χ4v) is 5.38. The van der Waals surface area contributed by atoms with Gasteiger partial charge in [-0.3, -0.25) is 0 Å². The first kappa shape index (κ1) is 15.0. The highest BCUT2D eigenvalue weighted by atomic mass is 32.2. The molecule has 1 fully saturated rings. The maximum atomic E-state index is 12.4. The first-order valence-electron chi connectivity index (χ1n) is 7.84. The van der Waals surface area contributed by atoms with Gasteiger partial charge in [-0.25, -0.2) is 8.42 Å². The largest absolute Gasteiger partial charge is 0.314 e. The number of hydrogen-bond donors (Lipinski definition) is 1. The van der Waals surface area contributed by atoms with Gasteiger partial charge in [0.25, 0.3) is 0 Å². The van der Waals surface area contributed by atoms with Crippen molar-refractivity contribution in [3.63, 3.8) is 0 Å². The Balaban J connectivity index is 1.92. The molecule has 1 saturated carbocycles. The smallest absolute Gasteiger partial charge is 0.179 e. The minimum atomic E-state index is -3.11. The number of hydrogen-bond acceptors (Lipinski definition) is 3. The normalized spacial score (nSPS) is 25.6. The van der Waals surface area contributed by atoms with Gasteiger partial charge in [-0.2, -0.15) is 0 Å². The van der Waals surface area contributed by atoms with Gasteiger partial charge in [0, 0.05) is 12.0 Å². The highest BCUT2D eigenvalue weighted by Crippen LogP contribution is 2.45. The van der Waals surface area contributed by atoms with Crippen molar-refractivity contribution >= 4 is 9.84 Å². The van der Waals surface area contributed by atoms with Crippen LogP contribution in [0.15, 0.2) is 29.2 Å². The van der Waals surface area contributed by atoms with Crippen molar-refractivity contribution in [2.75, 3.05) is 12.3 Å². The van der Waals surface area contributed by atoms with Crippen molar-refractivity contribution < 1.29 is 8.42 Å². The topological polar surface area (TPSA) is 46.2 Å². The molecule has 2 aliphatic rings. The van der Waals surface area contributed by atoms with Gasteiger partial charge in [0.2, 0.25) is 0 Å². The van der Waals surface area contributed by atoms with E-state index in [1.807, 2.05) is 18.2 Å². The van der Waals surface area contributed by atoms with Gasteiger partial charge in [0.15, 0.2) is 9.84 Å². The van der Waals surface area contributed by atoms with Crippen LogP contribution in [0.4, 0.5) is 0 Å². The summed E-state index contributed by atoms with van der Waals surface area (Å²) in [6.07, 6.45) is 2.52. The van der Waals surface area contributed by atoms with Crippen LogP contribution >= 0.6 is 0 Å². The highest BCUT2D eigenvalue weighted by molar-refractivity contribution is 7.91. The lowest BCUT2D eigenvalue weighted by Gasteiger charge is -2.35. The van der Waals surface area contributed by atoms with Crippen LogP contribution in [0, 0.1) is 11.3 Å². The van der Waals surface area contributed by atoms with E-state index in [2.05, 4.69) is 26.1 Å². The second-order valence-corrected chi connectivity index (χ2v) is 9.58. The first-order valence-corrected chi connectivity index (χ1v) is 9.49. The molecule has 2 unspecified atom stereocenters. The average Bonchev–Trinajstić information content (AvgIpc) is 3.16. The van der Waals surface area contributed by atoms with Crippen molar-refractivity contribution in [1.82, 2.24) is 5.32 Å². The standard InChI is InChI=1S/C17H25NO2S/c1-17(2,3)15(10-18-12-8-9-12)14-11-21(19,20)16-7-5-4-6-13(14)16/h4-7,12,14-15,18H,8-11H2,1-3H3. The summed E-state index contributed by atoms with van der Waals surface area (Å²) >= 11 is 0. The number of benzene rings is 1. The van der Waals surface area contributed by atoms with Crippen LogP contribution in [-0.2, 0) is 9.84 Å². The monoisotopic (exact) mass is 307 g/mol. The SMILES string of the molecule is CC(C)(C)C(CNC1CC1)C1CS(=O)(=O)c2ccccc21. The van der Waals surface area contributed by atoms with Crippen LogP contribution in [-0.4, -0.2) is 26.8 Å². The Bertz CT molecular complexity index is 626. The Morgan fingerprint density at radius 2 is 1.90 bits per heavy atom. The average molecular weight is 307 g/mol. The van der Waals surface area contributed by atoms with E-state index >= 15 is 0 Å². The third-order valence-electron chi connectivity index (χ3n) is 4.85. The number of rotatable bonds is 4. The quantitative estimate of drug-likeness (QED) is 0.930. The predicted octanol–water partition coefficient (Wildman–Crippen LogP) is 2.97. The lowest BCUT2D eigenvalue weighted by Crippen LogP contribution is -2.37. The van der Waals surface area contributed by atoms with Crippen LogP contribution in [0.1, 0.15) is 45.1 Å². The molecule has 0 aromatic heterocycles. The Kier molecular flexibility index (Phi) is 3.65. The molecular formula is C17H25NO2S. The molecule has 1 aliphatic carbocycles. The van der Waals surface area contributed by atoms with Crippen LogP contribution in [0.5, 0.6) is 0 Å². The van der Waals surface area contributed by atoms with E-state index in [0.29, 0.717) is 16.9 Å². The maximum absolute atomic E-state index is 12.4. The second kappa shape index (κ2) is 5.10. The molecule has 0 bridgehead atoms. The van der Waals surface area contributed by atoms with E-state index in [1.165, 1.54) is 12.8 Å². The van der Waals surface area contributed by atoms with Gasteiger partial charge in [0.1, 0.15) is 0 Å². The molecule has 0 saturated heterocycles. The van der Waals surface area contributed by atoms with Gasteiger partial charge >= 0.3 is 0 Å². The summed E-state index contributed by atoms with van der Waals surface area (Å²) in [6.45, 7) is 7.57. The molecule has 1 aromatic carbocycles. The van der Waals surface area contributed by atoms with E-state index < -0.39 is 9.84 Å². The predicted molar refractivity (Wildman–Crippen MR) is 85.2 cm³/mol. The van der Waals surface area contributed by atoms with Crippen LogP contribution in [0.2, 0.25) is 0 Å². The molecule has 0 radical (unpaired) electrons. The molecular weight excluding hydrogens is 282 g/mol. The molecule has 0 spiro atoms. The Hall–Kier alpha value is -0.870. The molecule has 21 heavy (non-hydrogen) atoms. The Morgan fingerprint density at radius 3 is 2.52 bits per heavy atom. The number of sulfone groups is 1. The Labute approximate surface area is 128 Å². The summed E-state index contributed by atoms with van der Waals surface area (Å²) < 4.78 is 24.8. The zero-order valence-electron chi connectivity index (χ0n) is 13.1. The molecule has 4 heteroatoms. The summed E-state index contributed by atoms with van der Waals surface area (Å²) in [4.78, 5) is 0.552. The van der Waals surface area contributed by atoms with Crippen molar-refractivity contribution in [1.29, 1.82) is 0 Å². The maximum Gasteiger partial charge on any atom is 0.179 e. The van der Waals surface area contributed by atoms with E-state index in [4.69, 9.17) is 0 Å². The van der Waals surface area contributed by atoms with Crippen LogP contribution in [0.25, 0.3) is 0 Å². The lowest BCUT2D eigenvalue weighted by atomic mass is 9.71. The third kappa shape index (κ3) is 3.02. The van der Waals surface area contributed by atoms with Gasteiger partial charge < -0.3 is 5.32 Å². The van der Waals surface area contributed by atoms with Gasteiger partial charge in [-0.05, 0) is 42.3 Å². The molecule has 2 atom stereocenters. The molecule has 1 aliphatic heterocycles. The molecule has 1 heterocycles.